The topological polar surface area (TPSA) is 133 Å². The number of aryl methyl sites for hydroxylation is 2. The summed E-state index contributed by atoms with van der Waals surface area (Å²) < 4.78 is 26.7. The van der Waals surface area contributed by atoms with Crippen LogP contribution in [0.2, 0.25) is 5.02 Å². The molecular formula is C24H23ClN6O3S. The first-order valence-corrected chi connectivity index (χ1v) is 13.1. The molecule has 0 bridgehead atoms. The van der Waals surface area contributed by atoms with Gasteiger partial charge in [0, 0.05) is 58.6 Å². The van der Waals surface area contributed by atoms with E-state index in [0.717, 1.165) is 17.0 Å². The van der Waals surface area contributed by atoms with E-state index in [1.54, 1.807) is 18.2 Å². The Morgan fingerprint density at radius 2 is 1.94 bits per heavy atom. The van der Waals surface area contributed by atoms with Crippen LogP contribution in [0, 0.1) is 6.92 Å². The number of anilines is 1. The Hall–Kier alpha value is -3.34. The first-order chi connectivity index (χ1) is 16.7. The number of nitrogens with one attached hydrogen (secondary N) is 1. The van der Waals surface area contributed by atoms with Gasteiger partial charge in [-0.2, -0.15) is 4.98 Å². The molecule has 11 heteroatoms. The van der Waals surface area contributed by atoms with Gasteiger partial charge >= 0.3 is 0 Å². The molecular weight excluding hydrogens is 488 g/mol. The van der Waals surface area contributed by atoms with E-state index >= 15 is 0 Å². The molecule has 0 spiro atoms. The molecule has 4 heterocycles. The van der Waals surface area contributed by atoms with Crippen LogP contribution in [0.5, 0.6) is 0 Å². The Labute approximate surface area is 206 Å². The van der Waals surface area contributed by atoms with Gasteiger partial charge in [0.1, 0.15) is 5.65 Å². The van der Waals surface area contributed by atoms with Crippen molar-refractivity contribution in [3.8, 4) is 22.4 Å². The summed E-state index contributed by atoms with van der Waals surface area (Å²) in [6, 6.07) is 12.8. The lowest BCUT2D eigenvalue weighted by Crippen LogP contribution is -2.52. The van der Waals surface area contributed by atoms with Crippen molar-refractivity contribution in [2.45, 2.75) is 18.7 Å². The molecule has 4 aromatic rings. The molecule has 0 amide bonds. The van der Waals surface area contributed by atoms with Gasteiger partial charge in [-0.3, -0.25) is 14.3 Å². The first kappa shape index (κ1) is 23.4. The summed E-state index contributed by atoms with van der Waals surface area (Å²) in [6.45, 7) is 2.70. The van der Waals surface area contributed by atoms with E-state index in [4.69, 9.17) is 17.3 Å². The summed E-state index contributed by atoms with van der Waals surface area (Å²) in [5.74, 6) is -0.189. The second-order valence-corrected chi connectivity index (χ2v) is 11.3. The molecule has 1 saturated heterocycles. The highest BCUT2D eigenvalue weighted by molar-refractivity contribution is 7.92. The van der Waals surface area contributed by atoms with Crippen molar-refractivity contribution < 1.29 is 8.42 Å². The van der Waals surface area contributed by atoms with Crippen LogP contribution in [0.25, 0.3) is 33.4 Å². The van der Waals surface area contributed by atoms with Crippen molar-refractivity contribution in [1.29, 1.82) is 0 Å². The number of aromatic nitrogens is 4. The number of rotatable bonds is 6. The van der Waals surface area contributed by atoms with Crippen LogP contribution in [-0.2, 0) is 16.4 Å². The quantitative estimate of drug-likeness (QED) is 0.404. The lowest BCUT2D eigenvalue weighted by molar-refractivity contribution is 0.493. The third-order valence-corrected chi connectivity index (χ3v) is 8.55. The maximum absolute atomic E-state index is 13.6. The van der Waals surface area contributed by atoms with Crippen molar-refractivity contribution in [3.63, 3.8) is 0 Å². The van der Waals surface area contributed by atoms with E-state index in [-0.39, 0.29) is 23.9 Å². The molecule has 5 rings (SSSR count). The highest BCUT2D eigenvalue weighted by atomic mass is 35.5. The van der Waals surface area contributed by atoms with Crippen molar-refractivity contribution in [2.75, 3.05) is 24.6 Å². The SMILES string of the molecule is Cc1cccc(-c2ccc(-c3cc4cnc(N)nc4n(CCS(=O)(=O)C4CNC4)c3=O)c(Cl)c2)n1. The third kappa shape index (κ3) is 4.52. The maximum atomic E-state index is 13.6. The molecule has 180 valence electrons. The zero-order chi connectivity index (χ0) is 24.7. The van der Waals surface area contributed by atoms with Crippen LogP contribution in [0.4, 0.5) is 5.95 Å². The van der Waals surface area contributed by atoms with Gasteiger partial charge < -0.3 is 11.1 Å². The van der Waals surface area contributed by atoms with Gasteiger partial charge in [0.2, 0.25) is 5.95 Å². The Kier molecular flexibility index (Phi) is 6.04. The fourth-order valence-electron chi connectivity index (χ4n) is 4.07. The average molecular weight is 511 g/mol. The van der Waals surface area contributed by atoms with Crippen LogP contribution in [0.3, 0.4) is 0 Å². The first-order valence-electron chi connectivity index (χ1n) is 11.1. The zero-order valence-corrected chi connectivity index (χ0v) is 20.5. The Balaban J connectivity index is 1.60. The van der Waals surface area contributed by atoms with Crippen LogP contribution >= 0.6 is 11.6 Å². The summed E-state index contributed by atoms with van der Waals surface area (Å²) in [5.41, 5.74) is 8.96. The largest absolute Gasteiger partial charge is 0.368 e. The number of pyridine rings is 2. The minimum atomic E-state index is -3.37. The molecule has 3 aromatic heterocycles. The van der Waals surface area contributed by atoms with E-state index in [1.165, 1.54) is 10.8 Å². The zero-order valence-electron chi connectivity index (χ0n) is 18.9. The smallest absolute Gasteiger partial charge is 0.260 e. The van der Waals surface area contributed by atoms with Crippen LogP contribution in [-0.4, -0.2) is 52.0 Å². The van der Waals surface area contributed by atoms with Crippen LogP contribution in [0.1, 0.15) is 5.69 Å². The number of sulfone groups is 1. The second-order valence-electron chi connectivity index (χ2n) is 8.53. The summed E-state index contributed by atoms with van der Waals surface area (Å²) in [4.78, 5) is 26.4. The number of hydrogen-bond donors (Lipinski definition) is 2. The number of halogens is 1. The van der Waals surface area contributed by atoms with Gasteiger partial charge in [-0.1, -0.05) is 29.8 Å². The molecule has 1 aliphatic rings. The number of hydrogen-bond acceptors (Lipinski definition) is 8. The molecule has 0 aliphatic carbocycles. The maximum Gasteiger partial charge on any atom is 0.260 e. The van der Waals surface area contributed by atoms with E-state index < -0.39 is 20.6 Å². The average Bonchev–Trinajstić information content (AvgIpc) is 2.77. The van der Waals surface area contributed by atoms with E-state index in [9.17, 15) is 13.2 Å². The van der Waals surface area contributed by atoms with E-state index in [2.05, 4.69) is 20.3 Å². The number of fused-ring (bicyclic) bond motifs is 1. The minimum absolute atomic E-state index is 0.00232. The number of nitrogen functional groups attached to an aromatic ring is 1. The Morgan fingerprint density at radius 3 is 2.63 bits per heavy atom. The van der Waals surface area contributed by atoms with Gasteiger partial charge in [-0.15, -0.1) is 0 Å². The number of nitrogens with zero attached hydrogens (tertiary/aromatic N) is 4. The molecule has 1 fully saturated rings. The van der Waals surface area contributed by atoms with Crippen molar-refractivity contribution in [3.05, 3.63) is 69.7 Å². The van der Waals surface area contributed by atoms with Gasteiger partial charge in [0.25, 0.3) is 5.56 Å². The second kappa shape index (κ2) is 9.03. The lowest BCUT2D eigenvalue weighted by Gasteiger charge is -2.26. The van der Waals surface area contributed by atoms with Crippen molar-refractivity contribution >= 4 is 38.4 Å². The molecule has 0 saturated carbocycles. The van der Waals surface area contributed by atoms with Crippen LogP contribution in [0.15, 0.2) is 53.5 Å². The molecule has 3 N–H and O–H groups in total. The van der Waals surface area contributed by atoms with Crippen molar-refractivity contribution in [2.24, 2.45) is 0 Å². The summed E-state index contributed by atoms with van der Waals surface area (Å²) in [7, 11) is -3.37. The molecule has 1 aliphatic heterocycles. The highest BCUT2D eigenvalue weighted by Gasteiger charge is 2.31. The Bertz CT molecular complexity index is 1620. The molecule has 35 heavy (non-hydrogen) atoms. The van der Waals surface area contributed by atoms with E-state index in [1.807, 2.05) is 31.2 Å². The van der Waals surface area contributed by atoms with Gasteiger partial charge in [0.15, 0.2) is 9.84 Å². The highest BCUT2D eigenvalue weighted by Crippen LogP contribution is 2.31. The molecule has 1 aromatic carbocycles. The molecule has 0 unspecified atom stereocenters. The van der Waals surface area contributed by atoms with Gasteiger partial charge in [-0.25, -0.2) is 13.4 Å². The summed E-state index contributed by atoms with van der Waals surface area (Å²) in [6.07, 6.45) is 1.51. The lowest BCUT2D eigenvalue weighted by atomic mass is 10.0. The van der Waals surface area contributed by atoms with Crippen molar-refractivity contribution in [1.82, 2.24) is 24.8 Å². The number of nitrogens with two attached hydrogens (primary N) is 1. The summed E-state index contributed by atoms with van der Waals surface area (Å²) in [5, 5.41) is 3.45. The minimum Gasteiger partial charge on any atom is -0.368 e. The van der Waals surface area contributed by atoms with Crippen LogP contribution < -0.4 is 16.6 Å². The normalized spacial score (nSPS) is 14.2. The molecule has 9 nitrogen and oxygen atoms in total. The predicted octanol–water partition coefficient (Wildman–Crippen LogP) is 2.45. The standard InChI is InChI=1S/C24H23ClN6O3S/c1-14-3-2-4-21(29-14)15-5-6-18(20(25)10-15)19-9-16-11-28-24(26)30-22(16)31(23(19)32)7-8-35(33,34)17-12-27-13-17/h2-6,9-11,17,27H,7-8,12-13H2,1H3,(H2,26,28,30). The number of benzene rings is 1. The van der Waals surface area contributed by atoms with E-state index in [0.29, 0.717) is 34.6 Å². The monoisotopic (exact) mass is 510 g/mol. The fourth-order valence-corrected chi connectivity index (χ4v) is 5.87. The predicted molar refractivity (Wildman–Crippen MR) is 137 cm³/mol. The van der Waals surface area contributed by atoms with Gasteiger partial charge in [0.05, 0.1) is 16.7 Å². The Morgan fingerprint density at radius 1 is 1.14 bits per heavy atom. The molecule has 0 radical (unpaired) electrons. The van der Waals surface area contributed by atoms with Gasteiger partial charge in [-0.05, 0) is 31.2 Å². The summed E-state index contributed by atoms with van der Waals surface area (Å²) >= 11 is 6.64. The molecule has 0 atom stereocenters. The fraction of sp³-hybridized carbons (Fsp3) is 0.250. The third-order valence-electron chi connectivity index (χ3n) is 6.14.